The first-order valence-corrected chi connectivity index (χ1v) is 11.4. The number of nitrogens with zero attached hydrogens (tertiary/aromatic N) is 2. The zero-order valence-corrected chi connectivity index (χ0v) is 20.1. The van der Waals surface area contributed by atoms with Gasteiger partial charge in [0.2, 0.25) is 5.95 Å². The van der Waals surface area contributed by atoms with Crippen LogP contribution in [0.5, 0.6) is 0 Å². The number of nitrogen functional groups attached to an aromatic ring is 2. The molecule has 0 radical (unpaired) electrons. The van der Waals surface area contributed by atoms with Crippen molar-refractivity contribution in [2.45, 2.75) is 33.6 Å². The molecule has 174 valence electrons. The van der Waals surface area contributed by atoms with Crippen LogP contribution in [0.15, 0.2) is 66.7 Å². The first-order valence-electron chi connectivity index (χ1n) is 11.0. The molecule has 1 aromatic heterocycles. The Morgan fingerprint density at radius 2 is 1.62 bits per heavy atom. The Morgan fingerprint density at radius 1 is 0.882 bits per heavy atom. The summed E-state index contributed by atoms with van der Waals surface area (Å²) in [5.41, 5.74) is 20.1. The predicted octanol–water partition coefficient (Wildman–Crippen LogP) is 5.91. The van der Waals surface area contributed by atoms with Crippen LogP contribution in [-0.4, -0.2) is 9.97 Å². The Hall–Kier alpha value is -3.61. The monoisotopic (exact) mass is 473 g/mol. The van der Waals surface area contributed by atoms with Gasteiger partial charge in [0.25, 0.3) is 0 Å². The van der Waals surface area contributed by atoms with Crippen molar-refractivity contribution < 1.29 is 4.74 Å². The number of hydrogen-bond acceptors (Lipinski definition) is 6. The summed E-state index contributed by atoms with van der Waals surface area (Å²) in [6.45, 7) is 5.61. The number of ether oxygens (including phenoxy) is 1. The summed E-state index contributed by atoms with van der Waals surface area (Å²) >= 11 is 5.96. The average Bonchev–Trinajstić information content (AvgIpc) is 2.80. The smallest absolute Gasteiger partial charge is 0.222 e. The molecule has 0 aliphatic heterocycles. The number of rotatable bonds is 8. The van der Waals surface area contributed by atoms with Gasteiger partial charge in [-0.3, -0.25) is 0 Å². The molecule has 0 saturated carbocycles. The van der Waals surface area contributed by atoms with Gasteiger partial charge in [-0.1, -0.05) is 59.6 Å². The number of halogens is 1. The van der Waals surface area contributed by atoms with Gasteiger partial charge in [0.05, 0.1) is 18.9 Å². The molecule has 0 aliphatic rings. The summed E-state index contributed by atoms with van der Waals surface area (Å²) in [5, 5.41) is 4.14. The van der Waals surface area contributed by atoms with E-state index in [4.69, 9.17) is 27.8 Å². The fraction of sp³-hybridized carbons (Fsp3) is 0.185. The van der Waals surface area contributed by atoms with Gasteiger partial charge >= 0.3 is 0 Å². The molecule has 3 aromatic carbocycles. The van der Waals surface area contributed by atoms with E-state index in [1.54, 1.807) is 0 Å². The number of anilines is 3. The maximum Gasteiger partial charge on any atom is 0.222 e. The van der Waals surface area contributed by atoms with Crippen LogP contribution in [0.1, 0.15) is 27.9 Å². The molecule has 0 bridgehead atoms. The molecule has 4 aromatic rings. The van der Waals surface area contributed by atoms with Crippen molar-refractivity contribution in [3.63, 3.8) is 0 Å². The number of hydrogen-bond donors (Lipinski definition) is 3. The van der Waals surface area contributed by atoms with Crippen LogP contribution in [-0.2, 0) is 24.5 Å². The molecule has 34 heavy (non-hydrogen) atoms. The molecule has 0 atom stereocenters. The Kier molecular flexibility index (Phi) is 7.30. The molecule has 1 heterocycles. The van der Waals surface area contributed by atoms with Crippen molar-refractivity contribution in [2.24, 2.45) is 0 Å². The highest BCUT2D eigenvalue weighted by Crippen LogP contribution is 2.30. The first kappa shape index (κ1) is 23.5. The van der Waals surface area contributed by atoms with Gasteiger partial charge in [-0.05, 0) is 60.4 Å². The second-order valence-corrected chi connectivity index (χ2v) is 8.71. The highest BCUT2D eigenvalue weighted by Gasteiger charge is 2.14. The lowest BCUT2D eigenvalue weighted by atomic mass is 10.0. The molecule has 0 fully saturated rings. The summed E-state index contributed by atoms with van der Waals surface area (Å²) in [7, 11) is 0. The van der Waals surface area contributed by atoms with Gasteiger partial charge in [-0.2, -0.15) is 4.98 Å². The van der Waals surface area contributed by atoms with E-state index in [1.165, 1.54) is 11.1 Å². The number of nitrogens with two attached hydrogens (primary N) is 2. The topological polar surface area (TPSA) is 99.1 Å². The highest BCUT2D eigenvalue weighted by molar-refractivity contribution is 6.30. The van der Waals surface area contributed by atoms with Crippen LogP contribution in [0.2, 0.25) is 5.02 Å². The van der Waals surface area contributed by atoms with Crippen molar-refractivity contribution in [3.05, 3.63) is 99.7 Å². The fourth-order valence-electron chi connectivity index (χ4n) is 3.79. The van der Waals surface area contributed by atoms with E-state index in [1.807, 2.05) is 48.5 Å². The van der Waals surface area contributed by atoms with Crippen molar-refractivity contribution >= 4 is 29.1 Å². The van der Waals surface area contributed by atoms with E-state index in [-0.39, 0.29) is 12.6 Å². The van der Waals surface area contributed by atoms with Crippen LogP contribution < -0.4 is 16.8 Å². The second-order valence-electron chi connectivity index (χ2n) is 8.27. The van der Waals surface area contributed by atoms with E-state index in [0.29, 0.717) is 24.7 Å². The number of aromatic nitrogens is 2. The summed E-state index contributed by atoms with van der Waals surface area (Å²) < 4.78 is 6.00. The van der Waals surface area contributed by atoms with Gasteiger partial charge in [0.1, 0.15) is 5.82 Å². The van der Waals surface area contributed by atoms with Gasteiger partial charge in [0.15, 0.2) is 0 Å². The number of benzene rings is 3. The van der Waals surface area contributed by atoms with Crippen molar-refractivity contribution in [1.82, 2.24) is 9.97 Å². The lowest BCUT2D eigenvalue weighted by molar-refractivity contribution is 0.104. The molecule has 5 N–H and O–H groups in total. The van der Waals surface area contributed by atoms with Gasteiger partial charge < -0.3 is 21.5 Å². The third kappa shape index (κ3) is 5.84. The molecule has 0 spiro atoms. The average molecular weight is 474 g/mol. The minimum absolute atomic E-state index is 0.132. The predicted molar refractivity (Wildman–Crippen MR) is 139 cm³/mol. The van der Waals surface area contributed by atoms with Crippen LogP contribution >= 0.6 is 11.6 Å². The molecule has 0 aliphatic carbocycles. The van der Waals surface area contributed by atoms with E-state index in [2.05, 4.69) is 47.3 Å². The number of aryl methyl sites for hydroxylation is 2. The third-order valence-corrected chi connectivity index (χ3v) is 5.86. The SMILES string of the molecule is Cc1ccc(COCc2nc(N)nc(N)c2-c2ccc(NCc3ccc(Cl)cc3)cc2)c(C)c1. The molecule has 6 nitrogen and oxygen atoms in total. The fourth-order valence-corrected chi connectivity index (χ4v) is 3.92. The maximum atomic E-state index is 6.25. The highest BCUT2D eigenvalue weighted by atomic mass is 35.5. The van der Waals surface area contributed by atoms with Crippen molar-refractivity contribution in [1.29, 1.82) is 0 Å². The maximum absolute atomic E-state index is 6.25. The molecular weight excluding hydrogens is 446 g/mol. The zero-order chi connectivity index (χ0) is 24.1. The van der Waals surface area contributed by atoms with Crippen LogP contribution in [0.3, 0.4) is 0 Å². The summed E-state index contributed by atoms with van der Waals surface area (Å²) in [6, 6.07) is 22.1. The minimum atomic E-state index is 0.132. The Morgan fingerprint density at radius 3 is 2.32 bits per heavy atom. The molecule has 7 heteroatoms. The third-order valence-electron chi connectivity index (χ3n) is 5.61. The quantitative estimate of drug-likeness (QED) is 0.294. The molecule has 0 amide bonds. The van der Waals surface area contributed by atoms with E-state index < -0.39 is 0 Å². The standard InChI is InChI=1S/C27H28ClN5O/c1-17-3-6-21(18(2)13-17)15-34-16-24-25(26(29)33-27(30)32-24)20-7-11-23(12-8-20)31-14-19-4-9-22(28)10-5-19/h3-13,31H,14-16H2,1-2H3,(H4,29,30,32,33). The van der Waals surface area contributed by atoms with E-state index >= 15 is 0 Å². The summed E-state index contributed by atoms with van der Waals surface area (Å²) in [4.78, 5) is 8.59. The van der Waals surface area contributed by atoms with Crippen LogP contribution in [0.25, 0.3) is 11.1 Å². The molecular formula is C27H28ClN5O. The first-order chi connectivity index (χ1) is 16.4. The Balaban J connectivity index is 1.47. The summed E-state index contributed by atoms with van der Waals surface area (Å²) in [5.74, 6) is 0.465. The van der Waals surface area contributed by atoms with Crippen molar-refractivity contribution in [3.8, 4) is 11.1 Å². The van der Waals surface area contributed by atoms with Crippen LogP contribution in [0, 0.1) is 13.8 Å². The molecule has 4 rings (SSSR count). The largest absolute Gasteiger partial charge is 0.383 e. The van der Waals surface area contributed by atoms with Gasteiger partial charge in [-0.25, -0.2) is 4.98 Å². The second kappa shape index (κ2) is 10.5. The Bertz CT molecular complexity index is 1270. The Labute approximate surface area is 205 Å². The van der Waals surface area contributed by atoms with Gasteiger partial charge in [-0.15, -0.1) is 0 Å². The number of nitrogens with one attached hydrogen (secondary N) is 1. The lowest BCUT2D eigenvalue weighted by Crippen LogP contribution is -2.08. The molecule has 0 saturated heterocycles. The van der Waals surface area contributed by atoms with Crippen molar-refractivity contribution in [2.75, 3.05) is 16.8 Å². The van der Waals surface area contributed by atoms with E-state index in [0.717, 1.165) is 33.0 Å². The minimum Gasteiger partial charge on any atom is -0.383 e. The van der Waals surface area contributed by atoms with E-state index in [9.17, 15) is 0 Å². The zero-order valence-electron chi connectivity index (χ0n) is 19.3. The lowest BCUT2D eigenvalue weighted by Gasteiger charge is -2.14. The summed E-state index contributed by atoms with van der Waals surface area (Å²) in [6.07, 6.45) is 0. The normalized spacial score (nSPS) is 10.9. The molecule has 0 unspecified atom stereocenters. The van der Waals surface area contributed by atoms with Crippen LogP contribution in [0.4, 0.5) is 17.5 Å². The van der Waals surface area contributed by atoms with Gasteiger partial charge in [0, 0.05) is 22.8 Å².